The van der Waals surface area contributed by atoms with Crippen LogP contribution in [0.15, 0.2) is 91.0 Å². The van der Waals surface area contributed by atoms with Crippen LogP contribution in [0.25, 0.3) is 10.8 Å². The van der Waals surface area contributed by atoms with Crippen LogP contribution in [-0.4, -0.2) is 17.0 Å². The predicted molar refractivity (Wildman–Crippen MR) is 128 cm³/mol. The molecule has 1 amide bonds. The van der Waals surface area contributed by atoms with Crippen molar-refractivity contribution in [2.75, 3.05) is 0 Å². The fourth-order valence-electron chi connectivity index (χ4n) is 3.71. The Morgan fingerprint density at radius 3 is 2.30 bits per heavy atom. The van der Waals surface area contributed by atoms with E-state index in [1.807, 2.05) is 60.7 Å². The summed E-state index contributed by atoms with van der Waals surface area (Å²) in [5.41, 5.74) is 3.45. The number of amides is 1. The second kappa shape index (κ2) is 10.5. The van der Waals surface area contributed by atoms with Gasteiger partial charge in [-0.15, -0.1) is 0 Å². The number of ether oxygens (including phenoxy) is 1. The molecule has 0 fully saturated rings. The fraction of sp³-hybridized carbons (Fsp3) is 0.143. The van der Waals surface area contributed by atoms with Crippen molar-refractivity contribution in [1.29, 1.82) is 0 Å². The fourth-order valence-corrected chi connectivity index (χ4v) is 3.71. The van der Waals surface area contributed by atoms with Crippen LogP contribution >= 0.6 is 0 Å². The van der Waals surface area contributed by atoms with Crippen molar-refractivity contribution in [2.45, 2.75) is 26.0 Å². The summed E-state index contributed by atoms with van der Waals surface area (Å²) in [5.74, 6) is -0.483. The van der Waals surface area contributed by atoms with Gasteiger partial charge in [0.1, 0.15) is 12.4 Å². The first-order valence-corrected chi connectivity index (χ1v) is 10.9. The summed E-state index contributed by atoms with van der Waals surface area (Å²) in [4.78, 5) is 23.6. The van der Waals surface area contributed by atoms with E-state index in [0.29, 0.717) is 30.9 Å². The lowest BCUT2D eigenvalue weighted by Crippen LogP contribution is -2.23. The minimum Gasteiger partial charge on any atom is -0.488 e. The molecule has 0 saturated heterocycles. The van der Waals surface area contributed by atoms with Crippen molar-refractivity contribution in [3.05, 3.63) is 113 Å². The third kappa shape index (κ3) is 5.77. The predicted octanol–water partition coefficient (Wildman–Crippen LogP) is 5.37. The van der Waals surface area contributed by atoms with E-state index < -0.39 is 5.97 Å². The smallest absolute Gasteiger partial charge is 0.303 e. The number of carbonyl (C=O) groups is 2. The van der Waals surface area contributed by atoms with E-state index >= 15 is 0 Å². The number of benzene rings is 4. The molecule has 5 heteroatoms. The van der Waals surface area contributed by atoms with Gasteiger partial charge in [0.15, 0.2) is 0 Å². The van der Waals surface area contributed by atoms with E-state index in [9.17, 15) is 9.59 Å². The summed E-state index contributed by atoms with van der Waals surface area (Å²) >= 11 is 0. The molecule has 0 unspecified atom stereocenters. The molecular weight excluding hydrogens is 414 g/mol. The molecule has 0 aliphatic rings. The maximum Gasteiger partial charge on any atom is 0.303 e. The molecule has 4 aromatic rings. The summed E-state index contributed by atoms with van der Waals surface area (Å²) in [5, 5.41) is 14.1. The molecule has 0 radical (unpaired) electrons. The number of nitrogens with one attached hydrogen (secondary N) is 1. The van der Waals surface area contributed by atoms with Crippen molar-refractivity contribution < 1.29 is 19.4 Å². The van der Waals surface area contributed by atoms with Crippen LogP contribution in [0, 0.1) is 0 Å². The van der Waals surface area contributed by atoms with Crippen LogP contribution in [0.2, 0.25) is 0 Å². The first kappa shape index (κ1) is 22.1. The average molecular weight is 440 g/mol. The molecule has 0 heterocycles. The van der Waals surface area contributed by atoms with Crippen molar-refractivity contribution in [1.82, 2.24) is 5.32 Å². The van der Waals surface area contributed by atoms with E-state index in [1.54, 1.807) is 12.1 Å². The molecule has 166 valence electrons. The highest BCUT2D eigenvalue weighted by molar-refractivity contribution is 5.97. The van der Waals surface area contributed by atoms with Gasteiger partial charge in [0.25, 0.3) is 5.91 Å². The Morgan fingerprint density at radius 2 is 1.48 bits per heavy atom. The first-order chi connectivity index (χ1) is 16.1. The average Bonchev–Trinajstić information content (AvgIpc) is 2.85. The van der Waals surface area contributed by atoms with Gasteiger partial charge in [-0.2, -0.15) is 0 Å². The minimum atomic E-state index is -0.808. The summed E-state index contributed by atoms with van der Waals surface area (Å²) in [6, 6.07) is 29.0. The van der Waals surface area contributed by atoms with E-state index in [4.69, 9.17) is 9.84 Å². The zero-order valence-electron chi connectivity index (χ0n) is 18.2. The number of hydrogen-bond donors (Lipinski definition) is 2. The Hall–Kier alpha value is -4.12. The standard InChI is InChI=1S/C28H25NO4/c30-27(31)17-16-20-12-14-21(15-13-20)19-33-26-11-4-3-10-25(26)28(32)29-18-23-8-5-7-22-6-1-2-9-24(22)23/h1-15H,16-19H2,(H,29,32)(H,30,31). The molecule has 0 saturated carbocycles. The number of aliphatic carboxylic acids is 1. The third-order valence-corrected chi connectivity index (χ3v) is 5.50. The van der Waals surface area contributed by atoms with Gasteiger partial charge in [-0.05, 0) is 46.0 Å². The van der Waals surface area contributed by atoms with Crippen molar-refractivity contribution in [2.24, 2.45) is 0 Å². The lowest BCUT2D eigenvalue weighted by Gasteiger charge is -2.13. The Kier molecular flexibility index (Phi) is 7.00. The molecule has 0 aliphatic carbocycles. The van der Waals surface area contributed by atoms with Crippen LogP contribution in [0.5, 0.6) is 5.75 Å². The summed E-state index contributed by atoms with van der Waals surface area (Å²) in [6.45, 7) is 0.735. The molecule has 33 heavy (non-hydrogen) atoms. The molecule has 0 atom stereocenters. The maximum absolute atomic E-state index is 12.9. The lowest BCUT2D eigenvalue weighted by atomic mass is 10.0. The van der Waals surface area contributed by atoms with E-state index in [-0.39, 0.29) is 12.3 Å². The number of carbonyl (C=O) groups excluding carboxylic acids is 1. The van der Waals surface area contributed by atoms with E-state index in [1.165, 1.54) is 0 Å². The van der Waals surface area contributed by atoms with Crippen LogP contribution in [0.1, 0.15) is 33.5 Å². The van der Waals surface area contributed by atoms with Crippen LogP contribution < -0.4 is 10.1 Å². The number of carboxylic acid groups (broad SMARTS) is 1. The van der Waals surface area contributed by atoms with Gasteiger partial charge in [-0.25, -0.2) is 0 Å². The number of aryl methyl sites for hydroxylation is 1. The molecule has 4 aromatic carbocycles. The molecule has 0 aliphatic heterocycles. The zero-order chi connectivity index (χ0) is 23.0. The molecule has 5 nitrogen and oxygen atoms in total. The topological polar surface area (TPSA) is 75.6 Å². The van der Waals surface area contributed by atoms with Crippen molar-refractivity contribution in [3.8, 4) is 5.75 Å². The largest absolute Gasteiger partial charge is 0.488 e. The van der Waals surface area contributed by atoms with Crippen LogP contribution in [0.3, 0.4) is 0 Å². The minimum absolute atomic E-state index is 0.108. The number of fused-ring (bicyclic) bond motifs is 1. The van der Waals surface area contributed by atoms with E-state index in [2.05, 4.69) is 23.5 Å². The summed E-state index contributed by atoms with van der Waals surface area (Å²) < 4.78 is 5.95. The monoisotopic (exact) mass is 439 g/mol. The lowest BCUT2D eigenvalue weighted by molar-refractivity contribution is -0.136. The maximum atomic E-state index is 12.9. The van der Waals surface area contributed by atoms with Crippen LogP contribution in [0.4, 0.5) is 0 Å². The molecule has 0 spiro atoms. The summed E-state index contributed by atoms with van der Waals surface area (Å²) in [6.07, 6.45) is 0.604. The second-order valence-electron chi connectivity index (χ2n) is 7.82. The number of para-hydroxylation sites is 1. The van der Waals surface area contributed by atoms with Gasteiger partial charge >= 0.3 is 5.97 Å². The molecule has 4 rings (SSSR count). The highest BCUT2D eigenvalue weighted by Gasteiger charge is 2.13. The second-order valence-corrected chi connectivity index (χ2v) is 7.82. The SMILES string of the molecule is O=C(O)CCc1ccc(COc2ccccc2C(=O)NCc2cccc3ccccc23)cc1. The van der Waals surface area contributed by atoms with Crippen LogP contribution in [-0.2, 0) is 24.4 Å². The van der Waals surface area contributed by atoms with Gasteiger partial charge < -0.3 is 15.2 Å². The van der Waals surface area contributed by atoms with Gasteiger partial charge in [-0.1, -0.05) is 78.9 Å². The summed E-state index contributed by atoms with van der Waals surface area (Å²) in [7, 11) is 0. The Morgan fingerprint density at radius 1 is 0.788 bits per heavy atom. The molecular formula is C28H25NO4. The highest BCUT2D eigenvalue weighted by atomic mass is 16.5. The molecule has 0 aromatic heterocycles. The van der Waals surface area contributed by atoms with Gasteiger partial charge in [-0.3, -0.25) is 9.59 Å². The molecule has 2 N–H and O–H groups in total. The highest BCUT2D eigenvalue weighted by Crippen LogP contribution is 2.21. The van der Waals surface area contributed by atoms with E-state index in [0.717, 1.165) is 27.5 Å². The van der Waals surface area contributed by atoms with Gasteiger partial charge in [0, 0.05) is 13.0 Å². The normalized spacial score (nSPS) is 10.7. The Labute approximate surface area is 192 Å². The Balaban J connectivity index is 1.39. The molecule has 0 bridgehead atoms. The number of hydrogen-bond acceptors (Lipinski definition) is 3. The van der Waals surface area contributed by atoms with Crippen molar-refractivity contribution >= 4 is 22.6 Å². The number of rotatable bonds is 9. The van der Waals surface area contributed by atoms with Gasteiger partial charge in [0.2, 0.25) is 0 Å². The van der Waals surface area contributed by atoms with Gasteiger partial charge in [0.05, 0.1) is 5.56 Å². The quantitative estimate of drug-likeness (QED) is 0.368. The zero-order valence-corrected chi connectivity index (χ0v) is 18.2. The first-order valence-electron chi connectivity index (χ1n) is 10.9. The number of carboxylic acids is 1. The third-order valence-electron chi connectivity index (χ3n) is 5.50. The Bertz CT molecular complexity index is 1260. The van der Waals surface area contributed by atoms with Crippen molar-refractivity contribution in [3.63, 3.8) is 0 Å².